The van der Waals surface area contributed by atoms with Gasteiger partial charge in [-0.05, 0) is 11.6 Å². The first-order valence-corrected chi connectivity index (χ1v) is 3.87. The molecule has 2 rings (SSSR count). The van der Waals surface area contributed by atoms with E-state index in [0.29, 0.717) is 5.82 Å². The van der Waals surface area contributed by atoms with Crippen LogP contribution in [-0.2, 0) is 0 Å². The predicted molar refractivity (Wildman–Crippen MR) is 46.8 cm³/mol. The van der Waals surface area contributed by atoms with Crippen molar-refractivity contribution in [2.45, 2.75) is 0 Å². The van der Waals surface area contributed by atoms with Crippen LogP contribution in [-0.4, -0.2) is 15.2 Å². The number of rotatable bonds is 1. The van der Waals surface area contributed by atoms with E-state index in [-0.39, 0.29) is 5.28 Å². The second kappa shape index (κ2) is 2.95. The minimum absolute atomic E-state index is 0.244. The molecule has 0 bridgehead atoms. The Morgan fingerprint density at radius 2 is 1.92 bits per heavy atom. The standard InChI is InChI=1S/C8H6ClN3/c9-8-10-7(11-12-8)6-4-2-1-3-5-6/h1-5H,(H,10,11,12). The van der Waals surface area contributed by atoms with Crippen LogP contribution < -0.4 is 0 Å². The van der Waals surface area contributed by atoms with Crippen molar-refractivity contribution in [3.63, 3.8) is 0 Å². The van der Waals surface area contributed by atoms with Gasteiger partial charge in [-0.25, -0.2) is 0 Å². The molecule has 1 aromatic heterocycles. The third-order valence-electron chi connectivity index (χ3n) is 1.51. The van der Waals surface area contributed by atoms with Gasteiger partial charge in [-0.3, -0.25) is 5.10 Å². The van der Waals surface area contributed by atoms with E-state index in [2.05, 4.69) is 15.2 Å². The number of aromatic nitrogens is 3. The van der Waals surface area contributed by atoms with E-state index in [0.717, 1.165) is 5.56 Å². The lowest BCUT2D eigenvalue weighted by molar-refractivity contribution is 1.10. The van der Waals surface area contributed by atoms with Crippen molar-refractivity contribution in [3.8, 4) is 11.4 Å². The molecule has 1 heterocycles. The summed E-state index contributed by atoms with van der Waals surface area (Å²) in [6.07, 6.45) is 0. The van der Waals surface area contributed by atoms with Gasteiger partial charge in [0.15, 0.2) is 5.82 Å². The van der Waals surface area contributed by atoms with E-state index < -0.39 is 0 Å². The number of benzene rings is 1. The largest absolute Gasteiger partial charge is 0.258 e. The number of halogens is 1. The second-order valence-electron chi connectivity index (χ2n) is 2.32. The highest BCUT2D eigenvalue weighted by Gasteiger charge is 2.01. The smallest absolute Gasteiger partial charge is 0.242 e. The van der Waals surface area contributed by atoms with Crippen molar-refractivity contribution >= 4 is 11.6 Å². The van der Waals surface area contributed by atoms with Crippen LogP contribution in [0.5, 0.6) is 0 Å². The summed E-state index contributed by atoms with van der Waals surface area (Å²) in [5.41, 5.74) is 0.983. The molecule has 0 aliphatic rings. The van der Waals surface area contributed by atoms with E-state index in [1.54, 1.807) is 0 Å². The first-order valence-electron chi connectivity index (χ1n) is 3.49. The number of hydrogen-bond acceptors (Lipinski definition) is 2. The Hall–Kier alpha value is -1.35. The predicted octanol–water partition coefficient (Wildman–Crippen LogP) is 2.13. The van der Waals surface area contributed by atoms with E-state index >= 15 is 0 Å². The van der Waals surface area contributed by atoms with E-state index in [9.17, 15) is 0 Å². The highest BCUT2D eigenvalue weighted by Crippen LogP contribution is 2.14. The Bertz CT molecular complexity index is 369. The van der Waals surface area contributed by atoms with Crippen LogP contribution in [0.3, 0.4) is 0 Å². The summed E-state index contributed by atoms with van der Waals surface area (Å²) in [6.45, 7) is 0. The van der Waals surface area contributed by atoms with Crippen LogP contribution in [0.4, 0.5) is 0 Å². The summed E-state index contributed by atoms with van der Waals surface area (Å²) in [4.78, 5) is 3.98. The molecular weight excluding hydrogens is 174 g/mol. The summed E-state index contributed by atoms with van der Waals surface area (Å²) < 4.78 is 0. The zero-order chi connectivity index (χ0) is 8.39. The van der Waals surface area contributed by atoms with Crippen LogP contribution >= 0.6 is 11.6 Å². The van der Waals surface area contributed by atoms with Gasteiger partial charge in [-0.2, -0.15) is 4.98 Å². The van der Waals surface area contributed by atoms with Crippen molar-refractivity contribution in [1.29, 1.82) is 0 Å². The first-order chi connectivity index (χ1) is 5.86. The molecule has 0 aliphatic carbocycles. The fourth-order valence-corrected chi connectivity index (χ4v) is 1.09. The van der Waals surface area contributed by atoms with Crippen LogP contribution in [0.1, 0.15) is 0 Å². The van der Waals surface area contributed by atoms with E-state index in [1.807, 2.05) is 30.3 Å². The Labute approximate surface area is 74.4 Å². The minimum atomic E-state index is 0.244. The molecule has 0 fully saturated rings. The number of aromatic amines is 1. The summed E-state index contributed by atoms with van der Waals surface area (Å²) in [7, 11) is 0. The summed E-state index contributed by atoms with van der Waals surface area (Å²) in [6, 6.07) is 9.70. The van der Waals surface area contributed by atoms with Crippen LogP contribution in [0.25, 0.3) is 11.4 Å². The van der Waals surface area contributed by atoms with Crippen LogP contribution in [0.15, 0.2) is 30.3 Å². The molecule has 0 aliphatic heterocycles. The average molecular weight is 180 g/mol. The van der Waals surface area contributed by atoms with Gasteiger partial charge in [0.05, 0.1) is 0 Å². The molecule has 1 aromatic carbocycles. The van der Waals surface area contributed by atoms with Gasteiger partial charge in [0.25, 0.3) is 0 Å². The van der Waals surface area contributed by atoms with Gasteiger partial charge in [0, 0.05) is 5.56 Å². The summed E-state index contributed by atoms with van der Waals surface area (Å²) in [5.74, 6) is 0.695. The summed E-state index contributed by atoms with van der Waals surface area (Å²) in [5, 5.41) is 6.70. The van der Waals surface area contributed by atoms with Crippen LogP contribution in [0.2, 0.25) is 5.28 Å². The highest BCUT2D eigenvalue weighted by atomic mass is 35.5. The van der Waals surface area contributed by atoms with E-state index in [4.69, 9.17) is 11.6 Å². The Balaban J connectivity index is 2.45. The molecular formula is C8H6ClN3. The number of H-pyrrole nitrogens is 1. The molecule has 0 amide bonds. The van der Waals surface area contributed by atoms with E-state index in [1.165, 1.54) is 0 Å². The molecule has 0 radical (unpaired) electrons. The topological polar surface area (TPSA) is 41.6 Å². The molecule has 0 unspecified atom stereocenters. The number of hydrogen-bond donors (Lipinski definition) is 1. The van der Waals surface area contributed by atoms with Gasteiger partial charge in [0.2, 0.25) is 5.28 Å². The van der Waals surface area contributed by atoms with Gasteiger partial charge in [0.1, 0.15) is 0 Å². The Morgan fingerprint density at radius 1 is 1.17 bits per heavy atom. The minimum Gasteiger partial charge on any atom is -0.258 e. The van der Waals surface area contributed by atoms with Gasteiger partial charge in [-0.15, -0.1) is 5.10 Å². The highest BCUT2D eigenvalue weighted by molar-refractivity contribution is 6.28. The van der Waals surface area contributed by atoms with Crippen molar-refractivity contribution in [3.05, 3.63) is 35.6 Å². The lowest BCUT2D eigenvalue weighted by Gasteiger charge is -1.91. The van der Waals surface area contributed by atoms with Crippen LogP contribution in [0, 0.1) is 0 Å². The molecule has 1 N–H and O–H groups in total. The second-order valence-corrected chi connectivity index (χ2v) is 2.66. The maximum Gasteiger partial charge on any atom is 0.242 e. The maximum atomic E-state index is 5.56. The summed E-state index contributed by atoms with van der Waals surface area (Å²) >= 11 is 5.56. The van der Waals surface area contributed by atoms with Crippen molar-refractivity contribution in [2.75, 3.05) is 0 Å². The molecule has 0 saturated heterocycles. The molecule has 2 aromatic rings. The monoisotopic (exact) mass is 179 g/mol. The molecule has 3 nitrogen and oxygen atoms in total. The van der Waals surface area contributed by atoms with Crippen molar-refractivity contribution in [2.24, 2.45) is 0 Å². The number of nitrogens with one attached hydrogen (secondary N) is 1. The van der Waals surface area contributed by atoms with Gasteiger partial charge >= 0.3 is 0 Å². The lowest BCUT2D eigenvalue weighted by Crippen LogP contribution is -1.78. The molecule has 0 saturated carbocycles. The van der Waals surface area contributed by atoms with Gasteiger partial charge in [-0.1, -0.05) is 30.3 Å². The fraction of sp³-hybridized carbons (Fsp3) is 0. The number of nitrogens with zero attached hydrogens (tertiary/aromatic N) is 2. The molecule has 0 atom stereocenters. The SMILES string of the molecule is Clc1n[nH]c(-c2ccccc2)n1. The maximum absolute atomic E-state index is 5.56. The molecule has 0 spiro atoms. The zero-order valence-corrected chi connectivity index (χ0v) is 6.92. The lowest BCUT2D eigenvalue weighted by atomic mass is 10.2. The van der Waals surface area contributed by atoms with Crippen molar-refractivity contribution in [1.82, 2.24) is 15.2 Å². The Kier molecular flexibility index (Phi) is 1.80. The fourth-order valence-electron chi connectivity index (χ4n) is 0.966. The Morgan fingerprint density at radius 3 is 2.50 bits per heavy atom. The average Bonchev–Trinajstić information content (AvgIpc) is 2.54. The molecule has 4 heteroatoms. The third kappa shape index (κ3) is 1.31. The van der Waals surface area contributed by atoms with Gasteiger partial charge < -0.3 is 0 Å². The normalized spacial score (nSPS) is 10.1. The quantitative estimate of drug-likeness (QED) is 0.729. The molecule has 60 valence electrons. The first kappa shape index (κ1) is 7.31. The zero-order valence-electron chi connectivity index (χ0n) is 6.16. The third-order valence-corrected chi connectivity index (χ3v) is 1.67. The van der Waals surface area contributed by atoms with Crippen molar-refractivity contribution < 1.29 is 0 Å². The molecule has 12 heavy (non-hydrogen) atoms.